The fourth-order valence-corrected chi connectivity index (χ4v) is 2.44. The average Bonchev–Trinajstić information content (AvgIpc) is 2.78. The number of urea groups is 1. The molecule has 0 radical (unpaired) electrons. The molecular formula is C12H20N2O2S. The molecule has 0 saturated heterocycles. The molecule has 1 unspecified atom stereocenters. The van der Waals surface area contributed by atoms with E-state index in [1.807, 2.05) is 25.3 Å². The number of carbonyl (C=O) groups excluding carboxylic acids is 1. The Labute approximate surface area is 106 Å². The number of aliphatic hydroxyl groups is 1. The number of thiophene rings is 1. The summed E-state index contributed by atoms with van der Waals surface area (Å²) in [6.45, 7) is 4.89. The summed E-state index contributed by atoms with van der Waals surface area (Å²) in [5.74, 6) is 0. The summed E-state index contributed by atoms with van der Waals surface area (Å²) in [7, 11) is 0. The molecule has 2 amide bonds. The monoisotopic (exact) mass is 256 g/mol. The zero-order valence-electron chi connectivity index (χ0n) is 10.3. The molecule has 1 atom stereocenters. The minimum Gasteiger partial charge on any atom is -0.395 e. The van der Waals surface area contributed by atoms with Crippen molar-refractivity contribution >= 4 is 17.4 Å². The van der Waals surface area contributed by atoms with E-state index in [0.717, 1.165) is 6.42 Å². The molecule has 2 N–H and O–H groups in total. The topological polar surface area (TPSA) is 52.6 Å². The smallest absolute Gasteiger partial charge is 0.317 e. The van der Waals surface area contributed by atoms with Crippen molar-refractivity contribution in [2.24, 2.45) is 0 Å². The maximum absolute atomic E-state index is 11.8. The minimum atomic E-state index is -0.106. The molecule has 1 heterocycles. The zero-order valence-corrected chi connectivity index (χ0v) is 11.2. The van der Waals surface area contributed by atoms with Gasteiger partial charge in [0.15, 0.2) is 0 Å². The van der Waals surface area contributed by atoms with Crippen LogP contribution in [-0.4, -0.2) is 41.8 Å². The summed E-state index contributed by atoms with van der Waals surface area (Å²) >= 11 is 1.70. The lowest BCUT2D eigenvalue weighted by molar-refractivity contribution is 0.178. The van der Waals surface area contributed by atoms with Gasteiger partial charge in [-0.15, -0.1) is 11.3 Å². The fraction of sp³-hybridized carbons (Fsp3) is 0.583. The molecule has 0 aromatic carbocycles. The van der Waals surface area contributed by atoms with Crippen LogP contribution in [0.2, 0.25) is 0 Å². The SMILES string of the molecule is CCN(CCO)C(=O)NC(C)Cc1cccs1. The predicted molar refractivity (Wildman–Crippen MR) is 70.3 cm³/mol. The first-order valence-electron chi connectivity index (χ1n) is 5.86. The summed E-state index contributed by atoms with van der Waals surface area (Å²) in [4.78, 5) is 14.7. The van der Waals surface area contributed by atoms with Gasteiger partial charge in [-0.3, -0.25) is 0 Å². The van der Waals surface area contributed by atoms with Gasteiger partial charge in [-0.25, -0.2) is 4.79 Å². The maximum atomic E-state index is 11.8. The molecule has 5 heteroatoms. The summed E-state index contributed by atoms with van der Waals surface area (Å²) in [6.07, 6.45) is 0.847. The zero-order chi connectivity index (χ0) is 12.7. The Bertz CT molecular complexity index is 327. The van der Waals surface area contributed by atoms with Gasteiger partial charge in [-0.2, -0.15) is 0 Å². The molecule has 0 aliphatic rings. The molecule has 1 rings (SSSR count). The third kappa shape index (κ3) is 4.75. The van der Waals surface area contributed by atoms with Gasteiger partial charge in [-0.1, -0.05) is 6.07 Å². The van der Waals surface area contributed by atoms with Crippen LogP contribution in [0.25, 0.3) is 0 Å². The van der Waals surface area contributed by atoms with Crippen LogP contribution in [0.3, 0.4) is 0 Å². The lowest BCUT2D eigenvalue weighted by Crippen LogP contribution is -2.45. The molecule has 1 aromatic heterocycles. The van der Waals surface area contributed by atoms with Gasteiger partial charge < -0.3 is 15.3 Å². The normalized spacial score (nSPS) is 12.2. The van der Waals surface area contributed by atoms with Crippen molar-refractivity contribution in [3.63, 3.8) is 0 Å². The Morgan fingerprint density at radius 2 is 2.41 bits per heavy atom. The van der Waals surface area contributed by atoms with Crippen LogP contribution in [0.1, 0.15) is 18.7 Å². The van der Waals surface area contributed by atoms with Gasteiger partial charge in [0.2, 0.25) is 0 Å². The van der Waals surface area contributed by atoms with Crippen molar-refractivity contribution in [3.05, 3.63) is 22.4 Å². The van der Waals surface area contributed by atoms with Gasteiger partial charge in [-0.05, 0) is 25.3 Å². The summed E-state index contributed by atoms with van der Waals surface area (Å²) in [6, 6.07) is 4.08. The van der Waals surface area contributed by atoms with Crippen LogP contribution in [0.5, 0.6) is 0 Å². The number of hydrogen-bond donors (Lipinski definition) is 2. The van der Waals surface area contributed by atoms with Crippen LogP contribution >= 0.6 is 11.3 Å². The van der Waals surface area contributed by atoms with E-state index in [4.69, 9.17) is 5.11 Å². The lowest BCUT2D eigenvalue weighted by atomic mass is 10.2. The third-order valence-electron chi connectivity index (χ3n) is 2.50. The van der Waals surface area contributed by atoms with Crippen molar-refractivity contribution in [2.45, 2.75) is 26.3 Å². The number of nitrogens with zero attached hydrogens (tertiary/aromatic N) is 1. The lowest BCUT2D eigenvalue weighted by Gasteiger charge is -2.23. The van der Waals surface area contributed by atoms with Crippen molar-refractivity contribution < 1.29 is 9.90 Å². The largest absolute Gasteiger partial charge is 0.395 e. The molecule has 4 nitrogen and oxygen atoms in total. The quantitative estimate of drug-likeness (QED) is 0.814. The van der Waals surface area contributed by atoms with E-state index in [-0.39, 0.29) is 18.7 Å². The van der Waals surface area contributed by atoms with Gasteiger partial charge in [0.1, 0.15) is 0 Å². The summed E-state index contributed by atoms with van der Waals surface area (Å²) in [5.41, 5.74) is 0. The van der Waals surface area contributed by atoms with Gasteiger partial charge >= 0.3 is 6.03 Å². The second kappa shape index (κ2) is 7.29. The standard InChI is InChI=1S/C12H20N2O2S/c1-3-14(6-7-15)12(16)13-10(2)9-11-5-4-8-17-11/h4-5,8,10,15H,3,6-7,9H2,1-2H3,(H,13,16). The predicted octanol–water partition coefficient (Wildman–Crippen LogP) is 1.70. The van der Waals surface area contributed by atoms with E-state index in [1.54, 1.807) is 16.2 Å². The Morgan fingerprint density at radius 3 is 2.94 bits per heavy atom. The number of nitrogens with one attached hydrogen (secondary N) is 1. The first-order chi connectivity index (χ1) is 8.17. The highest BCUT2D eigenvalue weighted by Gasteiger charge is 2.13. The Morgan fingerprint density at radius 1 is 1.65 bits per heavy atom. The van der Waals surface area contributed by atoms with E-state index in [1.165, 1.54) is 4.88 Å². The number of likely N-dealkylation sites (N-methyl/N-ethyl adjacent to an activating group) is 1. The molecule has 0 fully saturated rings. The number of rotatable bonds is 6. The third-order valence-corrected chi connectivity index (χ3v) is 3.39. The number of hydrogen-bond acceptors (Lipinski definition) is 3. The van der Waals surface area contributed by atoms with Crippen LogP contribution in [0, 0.1) is 0 Å². The average molecular weight is 256 g/mol. The van der Waals surface area contributed by atoms with E-state index in [0.29, 0.717) is 13.1 Å². The van der Waals surface area contributed by atoms with Crippen molar-refractivity contribution in [1.82, 2.24) is 10.2 Å². The fourth-order valence-electron chi connectivity index (χ4n) is 1.61. The van der Waals surface area contributed by atoms with Crippen molar-refractivity contribution in [1.29, 1.82) is 0 Å². The van der Waals surface area contributed by atoms with Crippen molar-refractivity contribution in [3.8, 4) is 0 Å². The first kappa shape index (κ1) is 14.0. The Kier molecular flexibility index (Phi) is 6.00. The summed E-state index contributed by atoms with van der Waals surface area (Å²) in [5, 5.41) is 13.8. The first-order valence-corrected chi connectivity index (χ1v) is 6.74. The highest BCUT2D eigenvalue weighted by Crippen LogP contribution is 2.11. The van der Waals surface area contributed by atoms with E-state index >= 15 is 0 Å². The van der Waals surface area contributed by atoms with Gasteiger partial charge in [0.25, 0.3) is 0 Å². The Hall–Kier alpha value is -1.07. The second-order valence-corrected chi connectivity index (χ2v) is 4.97. The highest BCUT2D eigenvalue weighted by atomic mass is 32.1. The molecule has 17 heavy (non-hydrogen) atoms. The molecule has 0 spiro atoms. The van der Waals surface area contributed by atoms with Crippen molar-refractivity contribution in [2.75, 3.05) is 19.7 Å². The van der Waals surface area contributed by atoms with E-state index < -0.39 is 0 Å². The molecule has 0 aliphatic carbocycles. The van der Waals surface area contributed by atoms with Crippen LogP contribution in [0.4, 0.5) is 4.79 Å². The number of carbonyl (C=O) groups is 1. The second-order valence-electron chi connectivity index (χ2n) is 3.94. The van der Waals surface area contributed by atoms with Crippen LogP contribution in [-0.2, 0) is 6.42 Å². The molecule has 96 valence electrons. The summed E-state index contributed by atoms with van der Waals surface area (Å²) < 4.78 is 0. The van der Waals surface area contributed by atoms with Crippen LogP contribution < -0.4 is 5.32 Å². The molecule has 0 bridgehead atoms. The molecule has 0 aliphatic heterocycles. The molecular weight excluding hydrogens is 236 g/mol. The Balaban J connectivity index is 2.39. The van der Waals surface area contributed by atoms with Crippen LogP contribution in [0.15, 0.2) is 17.5 Å². The van der Waals surface area contributed by atoms with Gasteiger partial charge in [0.05, 0.1) is 6.61 Å². The minimum absolute atomic E-state index is 0.000561. The molecule has 0 saturated carbocycles. The number of amides is 2. The van der Waals surface area contributed by atoms with E-state index in [9.17, 15) is 4.79 Å². The van der Waals surface area contributed by atoms with E-state index in [2.05, 4.69) is 11.4 Å². The number of aliphatic hydroxyl groups excluding tert-OH is 1. The maximum Gasteiger partial charge on any atom is 0.317 e. The highest BCUT2D eigenvalue weighted by molar-refractivity contribution is 7.09. The molecule has 1 aromatic rings. The van der Waals surface area contributed by atoms with Gasteiger partial charge in [0, 0.05) is 30.4 Å².